The average Bonchev–Trinajstić information content (AvgIpc) is 3.18. The van der Waals surface area contributed by atoms with Crippen LogP contribution in [-0.4, -0.2) is 75.0 Å². The summed E-state index contributed by atoms with van der Waals surface area (Å²) in [5.41, 5.74) is 2.59. The van der Waals surface area contributed by atoms with Crippen molar-refractivity contribution in [2.75, 3.05) is 44.7 Å². The van der Waals surface area contributed by atoms with Gasteiger partial charge in [-0.15, -0.1) is 0 Å². The van der Waals surface area contributed by atoms with Crippen molar-refractivity contribution in [3.8, 4) is 5.75 Å². The Morgan fingerprint density at radius 3 is 2.63 bits per heavy atom. The number of likely N-dealkylation sites (tertiary alicyclic amines) is 1. The number of carbonyl (C=O) groups is 1. The number of piperidine rings is 1. The molecule has 2 aromatic rings. The number of aliphatic hydroxyl groups is 1. The Kier molecular flexibility index (Phi) is 9.78. The number of benzene rings is 2. The first-order valence-corrected chi connectivity index (χ1v) is 20.6. The van der Waals surface area contributed by atoms with Gasteiger partial charge in [0.2, 0.25) is 10.0 Å². The van der Waals surface area contributed by atoms with Crippen LogP contribution in [0.5, 0.6) is 5.75 Å². The van der Waals surface area contributed by atoms with Crippen LogP contribution in [-0.2, 0) is 21.9 Å². The Labute approximate surface area is 298 Å². The summed E-state index contributed by atoms with van der Waals surface area (Å²) in [7, 11) is -1.74. The van der Waals surface area contributed by atoms with Gasteiger partial charge in [0.25, 0.3) is 5.91 Å². The van der Waals surface area contributed by atoms with E-state index in [1.54, 1.807) is 13.0 Å². The number of sulfonamides is 1. The van der Waals surface area contributed by atoms with Gasteiger partial charge in [0.1, 0.15) is 5.75 Å². The Morgan fingerprint density at radius 2 is 1.86 bits per heavy atom. The fraction of sp³-hybridized carbons (Fsp3) is 0.667. The van der Waals surface area contributed by atoms with Gasteiger partial charge in [-0.3, -0.25) is 4.79 Å². The summed E-state index contributed by atoms with van der Waals surface area (Å²) in [6.07, 6.45) is 10.2. The minimum Gasteiger partial charge on any atom is -0.490 e. The molecule has 2 aromatic carbocycles. The number of carbonyl (C=O) groups excluding carboxylic acids is 1. The number of nitrogens with one attached hydrogen (secondary N) is 1. The van der Waals surface area contributed by atoms with Crippen molar-refractivity contribution in [3.05, 3.63) is 58.1 Å². The fourth-order valence-electron chi connectivity index (χ4n) is 9.96. The highest BCUT2D eigenvalue weighted by Crippen LogP contribution is 2.50. The third kappa shape index (κ3) is 6.98. The van der Waals surface area contributed by atoms with Gasteiger partial charge >= 0.3 is 0 Å². The summed E-state index contributed by atoms with van der Waals surface area (Å²) >= 11 is 6.47. The summed E-state index contributed by atoms with van der Waals surface area (Å²) in [5.74, 6) is 0.837. The number of hydrogen-bond donors (Lipinski definition) is 2. The van der Waals surface area contributed by atoms with Gasteiger partial charge in [-0.05, 0) is 150 Å². The van der Waals surface area contributed by atoms with E-state index in [4.69, 9.17) is 16.3 Å². The standard InChI is InChI=1S/C39H54ClN3O5S/c1-26-7-4-17-39(45,21-28-8-6-18-42(3)22-28)34-13-10-31(34)23-43-24-38(16-5-9-29-19-32(40)12-14-33(29)38)25-48-36-15-11-30(20-35(36)43)37(44)41-49(46,47)27(26)2/h11-12,14-15,19-20,26-28,31,34,45H,4-10,13,16-18,21-25H2,1-3H3,(H,41,44)/t26-,27+,28-,31-,34+,38-,39+/m0/s1. The van der Waals surface area contributed by atoms with Crippen LogP contribution in [0.15, 0.2) is 36.4 Å². The van der Waals surface area contributed by atoms with Crippen molar-refractivity contribution in [1.29, 1.82) is 0 Å². The van der Waals surface area contributed by atoms with Crippen LogP contribution in [0.3, 0.4) is 0 Å². The zero-order chi connectivity index (χ0) is 34.6. The summed E-state index contributed by atoms with van der Waals surface area (Å²) in [5, 5.41) is 12.8. The first kappa shape index (κ1) is 35.1. The molecule has 0 unspecified atom stereocenters. The zero-order valence-corrected chi connectivity index (χ0v) is 31.0. The second kappa shape index (κ2) is 13.7. The lowest BCUT2D eigenvalue weighted by Gasteiger charge is -2.51. The molecular weight excluding hydrogens is 658 g/mol. The van der Waals surface area contributed by atoms with Gasteiger partial charge in [0.15, 0.2) is 0 Å². The molecule has 1 saturated carbocycles. The Balaban J connectivity index is 1.29. The highest BCUT2D eigenvalue weighted by molar-refractivity contribution is 7.90. The van der Waals surface area contributed by atoms with Crippen molar-refractivity contribution in [2.24, 2.45) is 23.7 Å². The number of halogens is 1. The summed E-state index contributed by atoms with van der Waals surface area (Å²) in [6.45, 7) is 7.72. The molecule has 2 N–H and O–H groups in total. The molecule has 2 fully saturated rings. The number of amides is 1. The van der Waals surface area contributed by atoms with E-state index in [0.717, 1.165) is 88.1 Å². The molecule has 1 saturated heterocycles. The summed E-state index contributed by atoms with van der Waals surface area (Å²) in [6, 6.07) is 11.6. The maximum absolute atomic E-state index is 13.6. The smallest absolute Gasteiger partial charge is 0.264 e. The fourth-order valence-corrected chi connectivity index (χ4v) is 11.5. The number of nitrogens with zero attached hydrogens (tertiary/aromatic N) is 2. The van der Waals surface area contributed by atoms with Gasteiger partial charge in [0, 0.05) is 35.6 Å². The first-order valence-electron chi connectivity index (χ1n) is 18.6. The highest BCUT2D eigenvalue weighted by Gasteiger charge is 2.49. The maximum atomic E-state index is 13.6. The lowest BCUT2D eigenvalue weighted by atomic mass is 9.60. The van der Waals surface area contributed by atoms with Gasteiger partial charge in [0.05, 0.1) is 23.1 Å². The molecule has 49 heavy (non-hydrogen) atoms. The van der Waals surface area contributed by atoms with Gasteiger partial charge < -0.3 is 19.6 Å². The molecule has 3 heterocycles. The third-order valence-electron chi connectivity index (χ3n) is 13.0. The first-order chi connectivity index (χ1) is 23.4. The molecule has 0 radical (unpaired) electrons. The van der Waals surface area contributed by atoms with E-state index in [9.17, 15) is 18.3 Å². The molecule has 2 bridgehead atoms. The third-order valence-corrected chi connectivity index (χ3v) is 15.2. The topological polar surface area (TPSA) is 99.2 Å². The minimum atomic E-state index is -3.93. The van der Waals surface area contributed by atoms with Gasteiger partial charge in [-0.25, -0.2) is 13.1 Å². The van der Waals surface area contributed by atoms with E-state index in [2.05, 4.69) is 33.7 Å². The van der Waals surface area contributed by atoms with Crippen molar-refractivity contribution >= 4 is 33.2 Å². The van der Waals surface area contributed by atoms with Crippen LogP contribution >= 0.6 is 11.6 Å². The zero-order valence-electron chi connectivity index (χ0n) is 29.4. The van der Waals surface area contributed by atoms with Crippen molar-refractivity contribution in [3.63, 3.8) is 0 Å². The molecule has 1 spiro atoms. The van der Waals surface area contributed by atoms with E-state index >= 15 is 0 Å². The SMILES string of the molecule is C[C@@H]1[C@@H](C)CCC[C@@](O)(C[C@@H]2CCCN(C)C2)[C@@H]2CC[C@H]2CN2C[C@@]3(CCCc4cc(Cl)ccc43)COc3ccc(cc32)C(=O)NS1(=O)=O. The molecule has 268 valence electrons. The van der Waals surface area contributed by atoms with E-state index in [-0.39, 0.29) is 17.3 Å². The average molecular weight is 712 g/mol. The summed E-state index contributed by atoms with van der Waals surface area (Å²) < 4.78 is 36.1. The van der Waals surface area contributed by atoms with Crippen LogP contribution in [0.1, 0.15) is 99.5 Å². The Morgan fingerprint density at radius 1 is 1.02 bits per heavy atom. The predicted molar refractivity (Wildman–Crippen MR) is 195 cm³/mol. The largest absolute Gasteiger partial charge is 0.490 e. The van der Waals surface area contributed by atoms with Crippen LogP contribution in [0.2, 0.25) is 5.02 Å². The summed E-state index contributed by atoms with van der Waals surface area (Å²) in [4.78, 5) is 18.4. The number of anilines is 1. The van der Waals surface area contributed by atoms with Crippen LogP contribution < -0.4 is 14.4 Å². The van der Waals surface area contributed by atoms with Crippen molar-refractivity contribution in [1.82, 2.24) is 9.62 Å². The predicted octanol–water partition coefficient (Wildman–Crippen LogP) is 6.57. The van der Waals surface area contributed by atoms with Crippen molar-refractivity contribution in [2.45, 2.75) is 101 Å². The number of aryl methyl sites for hydroxylation is 1. The number of ether oxygens (including phenoxy) is 1. The van der Waals surface area contributed by atoms with Crippen LogP contribution in [0, 0.1) is 23.7 Å². The molecule has 0 aromatic heterocycles. The second-order valence-corrected chi connectivity index (χ2v) is 18.8. The number of fused-ring (bicyclic) bond motifs is 4. The lowest BCUT2D eigenvalue weighted by molar-refractivity contribution is -0.106. The highest BCUT2D eigenvalue weighted by atomic mass is 35.5. The molecule has 5 aliphatic rings. The van der Waals surface area contributed by atoms with Crippen LogP contribution in [0.25, 0.3) is 0 Å². The van der Waals surface area contributed by atoms with Crippen molar-refractivity contribution < 1.29 is 23.1 Å². The maximum Gasteiger partial charge on any atom is 0.264 e. The molecule has 7 atom stereocenters. The molecule has 3 aliphatic heterocycles. The van der Waals surface area contributed by atoms with Gasteiger partial charge in [-0.1, -0.05) is 31.0 Å². The van der Waals surface area contributed by atoms with E-state index in [1.165, 1.54) is 11.1 Å². The lowest BCUT2D eigenvalue weighted by Crippen LogP contribution is -2.54. The molecule has 8 nitrogen and oxygen atoms in total. The molecule has 1 amide bonds. The minimum absolute atomic E-state index is 0.164. The molecule has 7 rings (SSSR count). The Hall–Kier alpha value is -2.33. The molecule has 2 aliphatic carbocycles. The van der Waals surface area contributed by atoms with E-state index < -0.39 is 26.8 Å². The molecule has 10 heteroatoms. The van der Waals surface area contributed by atoms with E-state index in [1.807, 2.05) is 25.1 Å². The normalized spacial score (nSPS) is 35.2. The van der Waals surface area contributed by atoms with Gasteiger partial charge in [-0.2, -0.15) is 0 Å². The quantitative estimate of drug-likeness (QED) is 0.364. The Bertz CT molecular complexity index is 1670. The molecular formula is C39H54ClN3O5S. The number of hydrogen-bond acceptors (Lipinski definition) is 7. The monoisotopic (exact) mass is 711 g/mol. The van der Waals surface area contributed by atoms with E-state index in [0.29, 0.717) is 49.1 Å². The second-order valence-electron chi connectivity index (χ2n) is 16.4. The number of rotatable bonds is 2. The van der Waals surface area contributed by atoms with Crippen LogP contribution in [0.4, 0.5) is 5.69 Å².